The molecule has 0 aromatic carbocycles. The molecule has 2 nitrogen and oxygen atoms in total. The second-order valence-corrected chi connectivity index (χ2v) is 3.94. The number of hydrogen-bond acceptors (Lipinski definition) is 2. The zero-order valence-corrected chi connectivity index (χ0v) is 10.4. The molecular weight excluding hydrogens is 200 g/mol. The first-order valence-electron chi connectivity index (χ1n) is 6.19. The van der Waals surface area contributed by atoms with E-state index < -0.39 is 0 Å². The van der Waals surface area contributed by atoms with Crippen LogP contribution < -0.4 is 0 Å². The summed E-state index contributed by atoms with van der Waals surface area (Å²) in [6.45, 7) is 9.33. The Morgan fingerprint density at radius 1 is 1.12 bits per heavy atom. The molecule has 0 aliphatic carbocycles. The van der Waals surface area contributed by atoms with Crippen LogP contribution in [0.4, 0.5) is 0 Å². The summed E-state index contributed by atoms with van der Waals surface area (Å²) in [7, 11) is 0. The van der Waals surface area contributed by atoms with Crippen LogP contribution in [-0.2, 0) is 9.53 Å². The van der Waals surface area contributed by atoms with Crippen LogP contribution >= 0.6 is 0 Å². The number of unbranched alkanes of at least 4 members (excludes halogenated alkanes) is 5. The minimum absolute atomic E-state index is 0.153. The lowest BCUT2D eigenvalue weighted by Gasteiger charge is -2.09. The summed E-state index contributed by atoms with van der Waals surface area (Å²) in [5, 5.41) is 0. The van der Waals surface area contributed by atoms with Gasteiger partial charge in [0.2, 0.25) is 0 Å². The summed E-state index contributed by atoms with van der Waals surface area (Å²) >= 11 is 0. The third-order valence-corrected chi connectivity index (χ3v) is 2.47. The SMILES string of the molecule is C=CC(C=C)OC(=O)CCCCCCCC. The number of esters is 1. The highest BCUT2D eigenvalue weighted by Gasteiger charge is 2.06. The molecular formula is C14H24O2. The average molecular weight is 224 g/mol. The maximum atomic E-state index is 11.3. The number of hydrogen-bond donors (Lipinski definition) is 0. The van der Waals surface area contributed by atoms with E-state index in [0.29, 0.717) is 6.42 Å². The first-order chi connectivity index (χ1) is 7.74. The Morgan fingerprint density at radius 3 is 2.25 bits per heavy atom. The van der Waals surface area contributed by atoms with Crippen molar-refractivity contribution in [3.63, 3.8) is 0 Å². The first kappa shape index (κ1) is 14.9. The minimum atomic E-state index is -0.340. The van der Waals surface area contributed by atoms with Crippen molar-refractivity contribution in [2.75, 3.05) is 0 Å². The predicted molar refractivity (Wildman–Crippen MR) is 68.3 cm³/mol. The van der Waals surface area contributed by atoms with Crippen molar-refractivity contribution < 1.29 is 9.53 Å². The van der Waals surface area contributed by atoms with E-state index in [1.807, 2.05) is 0 Å². The fourth-order valence-corrected chi connectivity index (χ4v) is 1.45. The van der Waals surface area contributed by atoms with Crippen LogP contribution in [0, 0.1) is 0 Å². The Balaban J connectivity index is 3.43. The van der Waals surface area contributed by atoms with Gasteiger partial charge in [-0.1, -0.05) is 52.2 Å². The van der Waals surface area contributed by atoms with Gasteiger partial charge in [-0.25, -0.2) is 0 Å². The van der Waals surface area contributed by atoms with Gasteiger partial charge in [0.05, 0.1) is 0 Å². The van der Waals surface area contributed by atoms with Crippen LogP contribution in [0.1, 0.15) is 51.9 Å². The van der Waals surface area contributed by atoms with Crippen LogP contribution in [0.15, 0.2) is 25.3 Å². The fraction of sp³-hybridized carbons (Fsp3) is 0.643. The zero-order chi connectivity index (χ0) is 12.2. The summed E-state index contributed by atoms with van der Waals surface area (Å²) in [6.07, 6.45) is 10.4. The number of rotatable bonds is 10. The molecule has 0 spiro atoms. The lowest BCUT2D eigenvalue weighted by Crippen LogP contribution is -2.12. The smallest absolute Gasteiger partial charge is 0.306 e. The van der Waals surface area contributed by atoms with E-state index in [2.05, 4.69) is 20.1 Å². The van der Waals surface area contributed by atoms with Crippen molar-refractivity contribution in [3.05, 3.63) is 25.3 Å². The Kier molecular flexibility index (Phi) is 9.78. The molecule has 0 atom stereocenters. The van der Waals surface area contributed by atoms with E-state index in [1.54, 1.807) is 12.2 Å². The largest absolute Gasteiger partial charge is 0.454 e. The third kappa shape index (κ3) is 8.27. The Morgan fingerprint density at radius 2 is 1.69 bits per heavy atom. The van der Waals surface area contributed by atoms with Crippen molar-refractivity contribution in [2.45, 2.75) is 58.0 Å². The molecule has 0 heterocycles. The van der Waals surface area contributed by atoms with E-state index in [9.17, 15) is 4.79 Å². The third-order valence-electron chi connectivity index (χ3n) is 2.47. The van der Waals surface area contributed by atoms with Crippen LogP contribution in [0.3, 0.4) is 0 Å². The molecule has 0 fully saturated rings. The van der Waals surface area contributed by atoms with Crippen molar-refractivity contribution in [3.8, 4) is 0 Å². The number of carbonyl (C=O) groups is 1. The maximum Gasteiger partial charge on any atom is 0.306 e. The molecule has 0 radical (unpaired) electrons. The molecule has 0 unspecified atom stereocenters. The van der Waals surface area contributed by atoms with E-state index in [-0.39, 0.29) is 12.1 Å². The second-order valence-electron chi connectivity index (χ2n) is 3.94. The van der Waals surface area contributed by atoms with Gasteiger partial charge in [0.1, 0.15) is 6.10 Å². The van der Waals surface area contributed by atoms with Gasteiger partial charge in [-0.2, -0.15) is 0 Å². The molecule has 2 heteroatoms. The summed E-state index contributed by atoms with van der Waals surface area (Å²) in [4.78, 5) is 11.3. The Hall–Kier alpha value is -1.05. The molecule has 16 heavy (non-hydrogen) atoms. The molecule has 0 saturated carbocycles. The van der Waals surface area contributed by atoms with Crippen LogP contribution in [-0.4, -0.2) is 12.1 Å². The molecule has 0 amide bonds. The maximum absolute atomic E-state index is 11.3. The quantitative estimate of drug-likeness (QED) is 0.318. The minimum Gasteiger partial charge on any atom is -0.454 e. The van der Waals surface area contributed by atoms with Gasteiger partial charge < -0.3 is 4.74 Å². The molecule has 0 saturated heterocycles. The molecule has 0 N–H and O–H groups in total. The van der Waals surface area contributed by atoms with Crippen LogP contribution in [0.5, 0.6) is 0 Å². The molecule has 0 bridgehead atoms. The highest BCUT2D eigenvalue weighted by atomic mass is 16.5. The first-order valence-corrected chi connectivity index (χ1v) is 6.19. The van der Waals surface area contributed by atoms with E-state index in [4.69, 9.17) is 4.74 Å². The molecule has 92 valence electrons. The molecule has 0 aliphatic heterocycles. The van der Waals surface area contributed by atoms with Gasteiger partial charge in [0, 0.05) is 6.42 Å². The Bertz CT molecular complexity index is 201. The average Bonchev–Trinajstić information content (AvgIpc) is 2.30. The second kappa shape index (κ2) is 10.5. The van der Waals surface area contributed by atoms with Crippen molar-refractivity contribution >= 4 is 5.97 Å². The molecule has 0 rings (SSSR count). The fourth-order valence-electron chi connectivity index (χ4n) is 1.45. The van der Waals surface area contributed by atoms with Gasteiger partial charge >= 0.3 is 5.97 Å². The summed E-state index contributed by atoms with van der Waals surface area (Å²) in [5.41, 5.74) is 0. The molecule has 0 aliphatic rings. The number of ether oxygens (including phenoxy) is 1. The van der Waals surface area contributed by atoms with Gasteiger partial charge in [-0.3, -0.25) is 4.79 Å². The van der Waals surface area contributed by atoms with E-state index in [0.717, 1.165) is 12.8 Å². The van der Waals surface area contributed by atoms with Crippen molar-refractivity contribution in [1.82, 2.24) is 0 Å². The standard InChI is InChI=1S/C14H24O2/c1-4-7-8-9-10-11-12-14(15)16-13(5-2)6-3/h5-6,13H,2-4,7-12H2,1H3. The van der Waals surface area contributed by atoms with Gasteiger partial charge in [0.25, 0.3) is 0 Å². The van der Waals surface area contributed by atoms with Gasteiger partial charge in [0.15, 0.2) is 0 Å². The van der Waals surface area contributed by atoms with E-state index >= 15 is 0 Å². The normalized spacial score (nSPS) is 10.1. The summed E-state index contributed by atoms with van der Waals surface area (Å²) in [6, 6.07) is 0. The highest BCUT2D eigenvalue weighted by Crippen LogP contribution is 2.08. The topological polar surface area (TPSA) is 26.3 Å². The van der Waals surface area contributed by atoms with Gasteiger partial charge in [-0.15, -0.1) is 0 Å². The van der Waals surface area contributed by atoms with Crippen LogP contribution in [0.25, 0.3) is 0 Å². The summed E-state index contributed by atoms with van der Waals surface area (Å²) < 4.78 is 5.10. The molecule has 0 aromatic rings. The monoisotopic (exact) mass is 224 g/mol. The molecule has 0 aromatic heterocycles. The number of carbonyl (C=O) groups excluding carboxylic acids is 1. The lowest BCUT2D eigenvalue weighted by molar-refractivity contribution is -0.145. The van der Waals surface area contributed by atoms with Crippen molar-refractivity contribution in [2.24, 2.45) is 0 Å². The van der Waals surface area contributed by atoms with Crippen LogP contribution in [0.2, 0.25) is 0 Å². The van der Waals surface area contributed by atoms with E-state index in [1.165, 1.54) is 25.7 Å². The zero-order valence-electron chi connectivity index (χ0n) is 10.4. The van der Waals surface area contributed by atoms with Crippen molar-refractivity contribution in [1.29, 1.82) is 0 Å². The lowest BCUT2D eigenvalue weighted by atomic mass is 10.1. The Labute approximate surface area is 99.4 Å². The highest BCUT2D eigenvalue weighted by molar-refractivity contribution is 5.69. The summed E-state index contributed by atoms with van der Waals surface area (Å²) in [5.74, 6) is -0.153. The predicted octanol–water partition coefficient (Wildman–Crippen LogP) is 4.02. The van der Waals surface area contributed by atoms with Gasteiger partial charge in [-0.05, 0) is 18.6 Å².